The summed E-state index contributed by atoms with van der Waals surface area (Å²) < 4.78 is 13.2. The molecule has 0 radical (unpaired) electrons. The third-order valence-corrected chi connectivity index (χ3v) is 5.62. The maximum absolute atomic E-state index is 13.2. The van der Waals surface area contributed by atoms with Crippen LogP contribution in [0.25, 0.3) is 11.3 Å². The van der Waals surface area contributed by atoms with Crippen molar-refractivity contribution in [2.75, 3.05) is 11.9 Å². The van der Waals surface area contributed by atoms with Crippen molar-refractivity contribution >= 4 is 17.5 Å². The van der Waals surface area contributed by atoms with E-state index in [1.807, 2.05) is 36.4 Å². The number of anilines is 1. The monoisotopic (exact) mass is 404 g/mol. The fourth-order valence-corrected chi connectivity index (χ4v) is 3.99. The van der Waals surface area contributed by atoms with Crippen LogP contribution in [0, 0.1) is 5.92 Å². The third kappa shape index (κ3) is 3.52. The Labute approximate surface area is 172 Å². The highest BCUT2D eigenvalue weighted by Gasteiger charge is 2.43. The summed E-state index contributed by atoms with van der Waals surface area (Å²) in [5.41, 5.74) is 5.32. The van der Waals surface area contributed by atoms with Crippen molar-refractivity contribution < 1.29 is 14.0 Å². The Hall–Kier alpha value is -3.32. The molecule has 1 amide bonds. The number of rotatable bonds is 5. The first-order valence-corrected chi connectivity index (χ1v) is 10.0. The number of alkyl halides is 1. The number of amides is 1. The molecule has 1 aliphatic carbocycles. The molecule has 152 valence electrons. The molecule has 0 bridgehead atoms. The second kappa shape index (κ2) is 7.50. The molecule has 2 aromatic heterocycles. The van der Waals surface area contributed by atoms with E-state index in [2.05, 4.69) is 20.6 Å². The maximum Gasteiger partial charge on any atom is 0.231 e. The first-order chi connectivity index (χ1) is 14.6. The predicted molar refractivity (Wildman–Crippen MR) is 111 cm³/mol. The maximum atomic E-state index is 13.2. The molecule has 0 saturated heterocycles. The minimum atomic E-state index is -1.06. The van der Waals surface area contributed by atoms with Gasteiger partial charge in [-0.3, -0.25) is 9.59 Å². The lowest BCUT2D eigenvalue weighted by Crippen LogP contribution is -2.29. The third-order valence-electron chi connectivity index (χ3n) is 5.62. The van der Waals surface area contributed by atoms with Crippen LogP contribution in [0.15, 0.2) is 48.7 Å². The van der Waals surface area contributed by atoms with Gasteiger partial charge in [-0.05, 0) is 29.7 Å². The van der Waals surface area contributed by atoms with E-state index in [4.69, 9.17) is 0 Å². The Morgan fingerprint density at radius 2 is 2.00 bits per heavy atom. The number of fused-ring (bicyclic) bond motifs is 1. The molecule has 3 aromatic rings. The quantitative estimate of drug-likeness (QED) is 0.609. The summed E-state index contributed by atoms with van der Waals surface area (Å²) in [4.78, 5) is 32.4. The molecule has 1 saturated carbocycles. The Bertz CT molecular complexity index is 1130. The van der Waals surface area contributed by atoms with Gasteiger partial charge < -0.3 is 15.6 Å². The number of benzene rings is 1. The molecule has 0 unspecified atom stereocenters. The highest BCUT2D eigenvalue weighted by molar-refractivity contribution is 6.03. The van der Waals surface area contributed by atoms with Crippen LogP contribution in [0.4, 0.5) is 10.2 Å². The second-order valence-corrected chi connectivity index (χ2v) is 7.80. The van der Waals surface area contributed by atoms with E-state index in [0.717, 1.165) is 33.6 Å². The highest BCUT2D eigenvalue weighted by Crippen LogP contribution is 2.35. The van der Waals surface area contributed by atoms with E-state index < -0.39 is 12.1 Å². The molecule has 2 atom stereocenters. The molecule has 1 aliphatic heterocycles. The molecule has 1 aromatic carbocycles. The Morgan fingerprint density at radius 1 is 1.20 bits per heavy atom. The minimum Gasteiger partial charge on any atom is -0.356 e. The molecule has 0 spiro atoms. The molecule has 5 rings (SSSR count). The molecular weight excluding hydrogens is 383 g/mol. The van der Waals surface area contributed by atoms with Crippen LogP contribution >= 0.6 is 0 Å². The number of nitrogens with zero attached hydrogens (tertiary/aromatic N) is 1. The van der Waals surface area contributed by atoms with Gasteiger partial charge in [0.25, 0.3) is 0 Å². The molecular formula is C23H21FN4O2. The number of Topliss-reactive ketones (excluding diaryl/α,β-unsaturated/α-hetero) is 1. The van der Waals surface area contributed by atoms with Gasteiger partial charge in [-0.25, -0.2) is 9.37 Å². The van der Waals surface area contributed by atoms with Crippen molar-refractivity contribution in [2.45, 2.75) is 25.6 Å². The van der Waals surface area contributed by atoms with E-state index in [0.29, 0.717) is 25.3 Å². The first-order valence-electron chi connectivity index (χ1n) is 10.0. The summed E-state index contributed by atoms with van der Waals surface area (Å²) >= 11 is 0. The van der Waals surface area contributed by atoms with Crippen molar-refractivity contribution in [1.29, 1.82) is 0 Å². The number of hydrogen-bond donors (Lipinski definition) is 3. The van der Waals surface area contributed by atoms with E-state index in [1.165, 1.54) is 0 Å². The van der Waals surface area contributed by atoms with Gasteiger partial charge in [0.05, 0.1) is 18.2 Å². The molecule has 7 heteroatoms. The Balaban J connectivity index is 1.53. The van der Waals surface area contributed by atoms with Crippen LogP contribution < -0.4 is 10.6 Å². The molecule has 1 fully saturated rings. The van der Waals surface area contributed by atoms with E-state index in [1.54, 1.807) is 12.3 Å². The van der Waals surface area contributed by atoms with Gasteiger partial charge in [0.1, 0.15) is 12.0 Å². The van der Waals surface area contributed by atoms with Crippen LogP contribution in [-0.2, 0) is 17.8 Å². The number of pyridine rings is 1. The lowest BCUT2D eigenvalue weighted by molar-refractivity contribution is -0.117. The van der Waals surface area contributed by atoms with Crippen molar-refractivity contribution in [3.8, 4) is 11.3 Å². The fraction of sp³-hybridized carbons (Fsp3) is 0.261. The number of carbonyl (C=O) groups excluding carboxylic acids is 2. The van der Waals surface area contributed by atoms with Crippen molar-refractivity contribution in [3.05, 3.63) is 71.0 Å². The zero-order chi connectivity index (χ0) is 20.7. The van der Waals surface area contributed by atoms with Crippen LogP contribution in [0.2, 0.25) is 0 Å². The molecule has 6 nitrogen and oxygen atoms in total. The SMILES string of the molecule is O=C1CNCc2[nH]c(-c3ccnc(NC(=O)[C@@H]4C[C@@H]4F)c3)c(Cc3ccccc3)c21. The topological polar surface area (TPSA) is 86.9 Å². The second-order valence-electron chi connectivity index (χ2n) is 7.80. The number of H-pyrrole nitrogens is 1. The van der Waals surface area contributed by atoms with Gasteiger partial charge in [-0.15, -0.1) is 0 Å². The summed E-state index contributed by atoms with van der Waals surface area (Å²) in [6.45, 7) is 0.909. The number of ketones is 1. The van der Waals surface area contributed by atoms with Gasteiger partial charge in [-0.2, -0.15) is 0 Å². The minimum absolute atomic E-state index is 0.0648. The first kappa shape index (κ1) is 18.7. The van der Waals surface area contributed by atoms with Gasteiger partial charge in [0.2, 0.25) is 5.91 Å². The van der Waals surface area contributed by atoms with E-state index in [9.17, 15) is 14.0 Å². The van der Waals surface area contributed by atoms with Crippen molar-refractivity contribution in [1.82, 2.24) is 15.3 Å². The summed E-state index contributed by atoms with van der Waals surface area (Å²) in [6, 6.07) is 13.6. The zero-order valence-corrected chi connectivity index (χ0v) is 16.2. The summed E-state index contributed by atoms with van der Waals surface area (Å²) in [7, 11) is 0. The normalized spacial score (nSPS) is 20.0. The molecule has 30 heavy (non-hydrogen) atoms. The number of nitrogens with one attached hydrogen (secondary N) is 3. The molecule has 3 heterocycles. The summed E-state index contributed by atoms with van der Waals surface area (Å²) in [6.07, 6.45) is 1.44. The number of halogens is 1. The van der Waals surface area contributed by atoms with Crippen LogP contribution in [0.1, 0.15) is 33.6 Å². The smallest absolute Gasteiger partial charge is 0.231 e. The number of carbonyl (C=O) groups is 2. The summed E-state index contributed by atoms with van der Waals surface area (Å²) in [5, 5.41) is 5.82. The fourth-order valence-electron chi connectivity index (χ4n) is 3.99. The standard InChI is InChI=1S/C23H21FN4O2/c24-17-10-15(17)23(30)28-20-9-14(6-7-26-20)22-16(8-13-4-2-1-3-5-13)21-18(27-22)11-25-12-19(21)29/h1-7,9,15,17,25,27H,8,10-12H2,(H,26,28,30)/t15-,17+/m1/s1. The number of aromatic nitrogens is 2. The number of hydrogen-bond acceptors (Lipinski definition) is 4. The van der Waals surface area contributed by atoms with Gasteiger partial charge in [0, 0.05) is 36.0 Å². The average Bonchev–Trinajstić information content (AvgIpc) is 3.37. The lowest BCUT2D eigenvalue weighted by atomic mass is 9.94. The zero-order valence-electron chi connectivity index (χ0n) is 16.2. The average molecular weight is 404 g/mol. The van der Waals surface area contributed by atoms with E-state index in [-0.39, 0.29) is 18.1 Å². The summed E-state index contributed by atoms with van der Waals surface area (Å²) in [5.74, 6) is -0.485. The largest absolute Gasteiger partial charge is 0.356 e. The van der Waals surface area contributed by atoms with E-state index >= 15 is 0 Å². The van der Waals surface area contributed by atoms with Crippen LogP contribution in [-0.4, -0.2) is 34.4 Å². The molecule has 2 aliphatic rings. The Kier molecular flexibility index (Phi) is 4.67. The van der Waals surface area contributed by atoms with Crippen molar-refractivity contribution in [2.24, 2.45) is 5.92 Å². The van der Waals surface area contributed by atoms with Gasteiger partial charge >= 0.3 is 0 Å². The van der Waals surface area contributed by atoms with Crippen LogP contribution in [0.3, 0.4) is 0 Å². The number of aromatic amines is 1. The van der Waals surface area contributed by atoms with Crippen molar-refractivity contribution in [3.63, 3.8) is 0 Å². The van der Waals surface area contributed by atoms with Gasteiger partial charge in [-0.1, -0.05) is 30.3 Å². The van der Waals surface area contributed by atoms with Gasteiger partial charge in [0.15, 0.2) is 5.78 Å². The predicted octanol–water partition coefficient (Wildman–Crippen LogP) is 3.25. The van der Waals surface area contributed by atoms with Crippen LogP contribution in [0.5, 0.6) is 0 Å². The lowest BCUT2D eigenvalue weighted by Gasteiger charge is -2.13. The highest BCUT2D eigenvalue weighted by atomic mass is 19.1. The Morgan fingerprint density at radius 3 is 2.77 bits per heavy atom. The molecule has 3 N–H and O–H groups in total.